The molecule has 3 aromatic carbocycles. The van der Waals surface area contributed by atoms with Crippen molar-refractivity contribution in [2.45, 2.75) is 13.3 Å². The molecule has 5 rings (SSSR count). The van der Waals surface area contributed by atoms with E-state index in [0.29, 0.717) is 45.6 Å². The number of nitro groups is 1. The minimum absolute atomic E-state index is 0.158. The Labute approximate surface area is 246 Å². The van der Waals surface area contributed by atoms with Crippen molar-refractivity contribution in [3.05, 3.63) is 105 Å². The second-order valence-electron chi connectivity index (χ2n) is 9.02. The number of para-hydroxylation sites is 1. The summed E-state index contributed by atoms with van der Waals surface area (Å²) in [6.45, 7) is 2.51. The van der Waals surface area contributed by atoms with Gasteiger partial charge in [-0.15, -0.1) is 0 Å². The summed E-state index contributed by atoms with van der Waals surface area (Å²) in [5, 5.41) is 16.5. The lowest BCUT2D eigenvalue weighted by Gasteiger charge is -2.14. The highest BCUT2D eigenvalue weighted by molar-refractivity contribution is 8.26. The minimum Gasteiger partial charge on any atom is -0.497 e. The summed E-state index contributed by atoms with van der Waals surface area (Å²) in [6, 6.07) is 21.9. The van der Waals surface area contributed by atoms with Gasteiger partial charge in [0.05, 0.1) is 29.2 Å². The number of nitro benzene ring substituents is 1. The second-order valence-corrected chi connectivity index (χ2v) is 10.7. The fourth-order valence-electron chi connectivity index (χ4n) is 4.38. The number of carbonyl (C=O) groups is 1. The molecule has 1 saturated heterocycles. The number of methoxy groups -OCH3 is 1. The molecule has 0 bridgehead atoms. The molecule has 4 aromatic rings. The molecular formula is C30H26N4O5S2. The van der Waals surface area contributed by atoms with E-state index < -0.39 is 4.92 Å². The maximum atomic E-state index is 13.4. The zero-order valence-electron chi connectivity index (χ0n) is 22.4. The van der Waals surface area contributed by atoms with E-state index in [-0.39, 0.29) is 17.3 Å². The number of hydrogen-bond acceptors (Lipinski definition) is 8. The van der Waals surface area contributed by atoms with Gasteiger partial charge in [-0.3, -0.25) is 19.8 Å². The van der Waals surface area contributed by atoms with E-state index in [4.69, 9.17) is 26.8 Å². The molecule has 1 amide bonds. The van der Waals surface area contributed by atoms with Crippen LogP contribution in [0.15, 0.2) is 83.9 Å². The predicted octanol–water partition coefficient (Wildman–Crippen LogP) is 6.30. The van der Waals surface area contributed by atoms with Crippen LogP contribution in [0.2, 0.25) is 0 Å². The van der Waals surface area contributed by atoms with Gasteiger partial charge in [0.1, 0.15) is 15.8 Å². The summed E-state index contributed by atoms with van der Waals surface area (Å²) >= 11 is 6.78. The summed E-state index contributed by atoms with van der Waals surface area (Å²) in [7, 11) is 1.62. The number of hydrogen-bond donors (Lipinski definition) is 0. The van der Waals surface area contributed by atoms with E-state index in [1.807, 2.05) is 54.6 Å². The summed E-state index contributed by atoms with van der Waals surface area (Å²) < 4.78 is 12.8. The number of amides is 1. The standard InChI is InChI=1S/C30H26N4O5S2/c1-3-39-26-14-11-21(17-25(26)34(36)37)28-22(19-33(31-28)23-7-5-4-6-8-23)18-27-29(35)32(30(40)41-27)16-15-20-9-12-24(38-2)13-10-20/h4-14,17-19H,3,15-16H2,1-2H3/b27-18-. The number of rotatable bonds is 10. The lowest BCUT2D eigenvalue weighted by atomic mass is 10.1. The third-order valence-corrected chi connectivity index (χ3v) is 7.81. The van der Waals surface area contributed by atoms with Crippen molar-refractivity contribution in [2.75, 3.05) is 20.3 Å². The maximum Gasteiger partial charge on any atom is 0.311 e. The highest BCUT2D eigenvalue weighted by Crippen LogP contribution is 2.37. The fourth-order valence-corrected chi connectivity index (χ4v) is 5.68. The first-order valence-corrected chi connectivity index (χ1v) is 14.1. The Morgan fingerprint density at radius 1 is 1.10 bits per heavy atom. The van der Waals surface area contributed by atoms with Gasteiger partial charge in [0.2, 0.25) is 0 Å². The average Bonchev–Trinajstić information content (AvgIpc) is 3.53. The molecule has 1 fully saturated rings. The Bertz CT molecular complexity index is 1630. The molecule has 41 heavy (non-hydrogen) atoms. The van der Waals surface area contributed by atoms with E-state index in [9.17, 15) is 14.9 Å². The Morgan fingerprint density at radius 2 is 1.85 bits per heavy atom. The Morgan fingerprint density at radius 3 is 2.54 bits per heavy atom. The summed E-state index contributed by atoms with van der Waals surface area (Å²) in [4.78, 5) is 26.8. The van der Waals surface area contributed by atoms with Gasteiger partial charge in [0.15, 0.2) is 5.75 Å². The van der Waals surface area contributed by atoms with Crippen LogP contribution in [0.5, 0.6) is 11.5 Å². The van der Waals surface area contributed by atoms with Gasteiger partial charge in [-0.25, -0.2) is 4.68 Å². The van der Waals surface area contributed by atoms with E-state index in [1.165, 1.54) is 17.8 Å². The molecule has 11 heteroatoms. The molecule has 0 unspecified atom stereocenters. The van der Waals surface area contributed by atoms with Crippen LogP contribution >= 0.6 is 24.0 Å². The van der Waals surface area contributed by atoms with Gasteiger partial charge in [-0.1, -0.05) is 54.3 Å². The van der Waals surface area contributed by atoms with Crippen LogP contribution in [0.1, 0.15) is 18.1 Å². The Kier molecular flexibility index (Phi) is 8.46. The van der Waals surface area contributed by atoms with Crippen LogP contribution < -0.4 is 9.47 Å². The van der Waals surface area contributed by atoms with E-state index in [2.05, 4.69) is 0 Å². The number of benzene rings is 3. The van der Waals surface area contributed by atoms with Crippen LogP contribution in [0.3, 0.4) is 0 Å². The van der Waals surface area contributed by atoms with Gasteiger partial charge in [0, 0.05) is 29.9 Å². The molecule has 1 aliphatic rings. The van der Waals surface area contributed by atoms with Crippen LogP contribution in [0.4, 0.5) is 5.69 Å². The molecule has 0 spiro atoms. The number of ether oxygens (including phenoxy) is 2. The number of thioether (sulfide) groups is 1. The van der Waals surface area contributed by atoms with E-state index in [1.54, 1.807) is 48.0 Å². The largest absolute Gasteiger partial charge is 0.497 e. The molecule has 0 radical (unpaired) electrons. The SMILES string of the molecule is CCOc1ccc(-c2nn(-c3ccccc3)cc2/C=C2\SC(=S)N(CCc3ccc(OC)cc3)C2=O)cc1[N+](=O)[O-]. The smallest absolute Gasteiger partial charge is 0.311 e. The Hall–Kier alpha value is -4.48. The maximum absolute atomic E-state index is 13.4. The normalized spacial score (nSPS) is 14.1. The number of thiocarbonyl (C=S) groups is 1. The Balaban J connectivity index is 1.48. The topological polar surface area (TPSA) is 99.7 Å². The monoisotopic (exact) mass is 586 g/mol. The van der Waals surface area contributed by atoms with E-state index >= 15 is 0 Å². The average molecular weight is 587 g/mol. The molecule has 208 valence electrons. The molecule has 0 saturated carbocycles. The molecule has 0 atom stereocenters. The minimum atomic E-state index is -0.476. The van der Waals surface area contributed by atoms with Crippen LogP contribution in [0.25, 0.3) is 23.0 Å². The van der Waals surface area contributed by atoms with Crippen molar-refractivity contribution in [3.8, 4) is 28.4 Å². The van der Waals surface area contributed by atoms with Crippen molar-refractivity contribution >= 4 is 46.0 Å². The summed E-state index contributed by atoms with van der Waals surface area (Å²) in [5.74, 6) is 0.764. The fraction of sp³-hybridized carbons (Fsp3) is 0.167. The first-order valence-electron chi connectivity index (χ1n) is 12.8. The van der Waals surface area contributed by atoms with Crippen molar-refractivity contribution in [1.82, 2.24) is 14.7 Å². The van der Waals surface area contributed by atoms with Crippen molar-refractivity contribution in [1.29, 1.82) is 0 Å². The van der Waals surface area contributed by atoms with Crippen LogP contribution in [-0.2, 0) is 11.2 Å². The molecule has 2 heterocycles. The first-order chi connectivity index (χ1) is 19.9. The van der Waals surface area contributed by atoms with Crippen molar-refractivity contribution in [2.24, 2.45) is 0 Å². The molecule has 1 aliphatic heterocycles. The van der Waals surface area contributed by atoms with E-state index in [0.717, 1.165) is 17.0 Å². The lowest BCUT2D eigenvalue weighted by Crippen LogP contribution is -2.30. The quantitative estimate of drug-likeness (QED) is 0.0924. The summed E-state index contributed by atoms with van der Waals surface area (Å²) in [6.07, 6.45) is 4.18. The van der Waals surface area contributed by atoms with Crippen LogP contribution in [0, 0.1) is 10.1 Å². The predicted molar refractivity (Wildman–Crippen MR) is 163 cm³/mol. The third-order valence-electron chi connectivity index (χ3n) is 6.44. The second kappa shape index (κ2) is 12.4. The number of carbonyl (C=O) groups excluding carboxylic acids is 1. The summed E-state index contributed by atoms with van der Waals surface area (Å²) in [5.41, 5.74) is 3.35. The third kappa shape index (κ3) is 6.16. The zero-order valence-corrected chi connectivity index (χ0v) is 24.0. The zero-order chi connectivity index (χ0) is 28.9. The first kappa shape index (κ1) is 28.1. The van der Waals surface area contributed by atoms with Gasteiger partial charge < -0.3 is 9.47 Å². The lowest BCUT2D eigenvalue weighted by molar-refractivity contribution is -0.385. The van der Waals surface area contributed by atoms with Gasteiger partial charge in [-0.2, -0.15) is 5.10 Å². The van der Waals surface area contributed by atoms with Crippen molar-refractivity contribution < 1.29 is 19.2 Å². The van der Waals surface area contributed by atoms with Crippen LogP contribution in [-0.4, -0.2) is 50.1 Å². The molecule has 1 aromatic heterocycles. The highest BCUT2D eigenvalue weighted by Gasteiger charge is 2.32. The molecular weight excluding hydrogens is 560 g/mol. The van der Waals surface area contributed by atoms with Crippen molar-refractivity contribution in [3.63, 3.8) is 0 Å². The molecule has 0 aliphatic carbocycles. The van der Waals surface area contributed by atoms with Gasteiger partial charge in [-0.05, 0) is 61.4 Å². The van der Waals surface area contributed by atoms with Gasteiger partial charge in [0.25, 0.3) is 5.91 Å². The van der Waals surface area contributed by atoms with Gasteiger partial charge >= 0.3 is 5.69 Å². The number of aromatic nitrogens is 2. The number of nitrogens with zero attached hydrogens (tertiary/aromatic N) is 4. The highest BCUT2D eigenvalue weighted by atomic mass is 32.2. The molecule has 0 N–H and O–H groups in total. The molecule has 9 nitrogen and oxygen atoms in total.